The number of benzene rings is 1. The van der Waals surface area contributed by atoms with Crippen molar-refractivity contribution in [1.82, 2.24) is 4.90 Å². The molecule has 0 heterocycles. The largest absolute Gasteiger partial charge is 0.398 e. The molecule has 0 aliphatic heterocycles. The van der Waals surface area contributed by atoms with Crippen molar-refractivity contribution in [3.05, 3.63) is 23.8 Å². The van der Waals surface area contributed by atoms with Crippen LogP contribution in [-0.2, 0) is 4.79 Å². The van der Waals surface area contributed by atoms with Gasteiger partial charge >= 0.3 is 0 Å². The van der Waals surface area contributed by atoms with Crippen LogP contribution < -0.4 is 11.1 Å². The van der Waals surface area contributed by atoms with Crippen molar-refractivity contribution in [2.45, 2.75) is 26.3 Å². The molecule has 102 valence electrons. The van der Waals surface area contributed by atoms with Gasteiger partial charge in [-0.2, -0.15) is 5.26 Å². The van der Waals surface area contributed by atoms with E-state index < -0.39 is 0 Å². The molecule has 0 saturated carbocycles. The Hall–Kier alpha value is -2.06. The van der Waals surface area contributed by atoms with Crippen LogP contribution in [0.1, 0.15) is 18.9 Å². The Kier molecular flexibility index (Phi) is 5.34. The minimum atomic E-state index is -0.297. The Morgan fingerprint density at radius 2 is 2.26 bits per heavy atom. The van der Waals surface area contributed by atoms with Crippen LogP contribution in [0.25, 0.3) is 0 Å². The first-order valence-corrected chi connectivity index (χ1v) is 6.20. The number of nitrogens with one attached hydrogen (secondary N) is 1. The zero-order chi connectivity index (χ0) is 14.4. The molecule has 1 aromatic carbocycles. The van der Waals surface area contributed by atoms with Crippen molar-refractivity contribution in [2.24, 2.45) is 0 Å². The second-order valence-corrected chi connectivity index (χ2v) is 4.57. The summed E-state index contributed by atoms with van der Waals surface area (Å²) in [6, 6.07) is 7.20. The SMILES string of the molecule is Cc1c(N)cccc1NC(=O)C(C)N(C)CCC#N. The Balaban J connectivity index is 2.69. The molecule has 1 rings (SSSR count). The third kappa shape index (κ3) is 3.97. The van der Waals surface area contributed by atoms with Gasteiger partial charge in [-0.3, -0.25) is 9.69 Å². The van der Waals surface area contributed by atoms with Crippen molar-refractivity contribution >= 4 is 17.3 Å². The number of hydrogen-bond donors (Lipinski definition) is 2. The zero-order valence-electron chi connectivity index (χ0n) is 11.6. The fourth-order valence-corrected chi connectivity index (χ4v) is 1.65. The van der Waals surface area contributed by atoms with E-state index in [1.165, 1.54) is 0 Å². The van der Waals surface area contributed by atoms with E-state index in [9.17, 15) is 4.79 Å². The molecule has 0 aromatic heterocycles. The number of carbonyl (C=O) groups excluding carboxylic acids is 1. The van der Waals surface area contributed by atoms with Crippen molar-refractivity contribution in [3.63, 3.8) is 0 Å². The van der Waals surface area contributed by atoms with Crippen LogP contribution in [0.4, 0.5) is 11.4 Å². The highest BCUT2D eigenvalue weighted by molar-refractivity contribution is 5.95. The average Bonchev–Trinajstić information content (AvgIpc) is 2.40. The lowest BCUT2D eigenvalue weighted by molar-refractivity contribution is -0.120. The lowest BCUT2D eigenvalue weighted by Gasteiger charge is -2.23. The number of hydrogen-bond acceptors (Lipinski definition) is 4. The first-order chi connectivity index (χ1) is 8.97. The van der Waals surface area contributed by atoms with E-state index in [0.29, 0.717) is 18.7 Å². The van der Waals surface area contributed by atoms with Crippen LogP contribution in [0.5, 0.6) is 0 Å². The van der Waals surface area contributed by atoms with Gasteiger partial charge in [0.25, 0.3) is 0 Å². The number of likely N-dealkylation sites (N-methyl/N-ethyl adjacent to an activating group) is 1. The van der Waals surface area contributed by atoms with E-state index in [1.54, 1.807) is 6.07 Å². The van der Waals surface area contributed by atoms with Crippen LogP contribution in [0.15, 0.2) is 18.2 Å². The van der Waals surface area contributed by atoms with Crippen molar-refractivity contribution in [1.29, 1.82) is 5.26 Å². The first kappa shape index (κ1) is 15.0. The van der Waals surface area contributed by atoms with E-state index in [0.717, 1.165) is 11.3 Å². The van der Waals surface area contributed by atoms with Crippen molar-refractivity contribution in [3.8, 4) is 6.07 Å². The highest BCUT2D eigenvalue weighted by Gasteiger charge is 2.18. The quantitative estimate of drug-likeness (QED) is 0.790. The Labute approximate surface area is 114 Å². The number of anilines is 2. The lowest BCUT2D eigenvalue weighted by Crippen LogP contribution is -2.40. The summed E-state index contributed by atoms with van der Waals surface area (Å²) < 4.78 is 0. The summed E-state index contributed by atoms with van der Waals surface area (Å²) >= 11 is 0. The maximum atomic E-state index is 12.1. The fraction of sp³-hybridized carbons (Fsp3) is 0.429. The van der Waals surface area contributed by atoms with Gasteiger partial charge in [0.05, 0.1) is 12.1 Å². The Morgan fingerprint density at radius 1 is 1.58 bits per heavy atom. The smallest absolute Gasteiger partial charge is 0.241 e. The number of carbonyl (C=O) groups is 1. The third-order valence-electron chi connectivity index (χ3n) is 3.25. The number of amides is 1. The zero-order valence-corrected chi connectivity index (χ0v) is 11.6. The molecule has 5 nitrogen and oxygen atoms in total. The molecule has 0 aliphatic carbocycles. The van der Waals surface area contributed by atoms with Crippen molar-refractivity contribution < 1.29 is 4.79 Å². The van der Waals surface area contributed by atoms with Gasteiger partial charge in [0.15, 0.2) is 0 Å². The molecular formula is C14H20N4O. The molecule has 0 radical (unpaired) electrons. The monoisotopic (exact) mass is 260 g/mol. The van der Waals surface area contributed by atoms with E-state index >= 15 is 0 Å². The van der Waals surface area contributed by atoms with Crippen LogP contribution in [-0.4, -0.2) is 30.4 Å². The normalized spacial score (nSPS) is 11.9. The van der Waals surface area contributed by atoms with Crippen LogP contribution in [0.2, 0.25) is 0 Å². The number of rotatable bonds is 5. The topological polar surface area (TPSA) is 82.2 Å². The summed E-state index contributed by atoms with van der Waals surface area (Å²) in [5, 5.41) is 11.4. The molecule has 3 N–H and O–H groups in total. The van der Waals surface area contributed by atoms with Gasteiger partial charge in [0.2, 0.25) is 5.91 Å². The standard InChI is InChI=1S/C14H20N4O/c1-10-12(16)6-4-7-13(10)17-14(19)11(2)18(3)9-5-8-15/h4,6-7,11H,5,9,16H2,1-3H3,(H,17,19). The minimum Gasteiger partial charge on any atom is -0.398 e. The molecule has 1 unspecified atom stereocenters. The molecule has 0 bridgehead atoms. The molecule has 19 heavy (non-hydrogen) atoms. The highest BCUT2D eigenvalue weighted by Crippen LogP contribution is 2.20. The highest BCUT2D eigenvalue weighted by atomic mass is 16.2. The maximum Gasteiger partial charge on any atom is 0.241 e. The predicted octanol–water partition coefficient (Wildman–Crippen LogP) is 1.75. The molecule has 0 saturated heterocycles. The van der Waals surface area contributed by atoms with Gasteiger partial charge in [-0.05, 0) is 38.6 Å². The number of nitrogens with zero attached hydrogens (tertiary/aromatic N) is 2. The molecule has 1 atom stereocenters. The van der Waals surface area contributed by atoms with Gasteiger partial charge in [-0.25, -0.2) is 0 Å². The summed E-state index contributed by atoms with van der Waals surface area (Å²) in [5.41, 5.74) is 8.05. The molecule has 0 fully saturated rings. The number of nitrogens with two attached hydrogens (primary N) is 1. The third-order valence-corrected chi connectivity index (χ3v) is 3.25. The van der Waals surface area contributed by atoms with Crippen molar-refractivity contribution in [2.75, 3.05) is 24.6 Å². The lowest BCUT2D eigenvalue weighted by atomic mass is 10.1. The van der Waals surface area contributed by atoms with Crippen LogP contribution in [0.3, 0.4) is 0 Å². The molecule has 5 heteroatoms. The summed E-state index contributed by atoms with van der Waals surface area (Å²) in [7, 11) is 1.83. The fourth-order valence-electron chi connectivity index (χ4n) is 1.65. The number of nitrogen functional groups attached to an aromatic ring is 1. The van der Waals surface area contributed by atoms with Gasteiger partial charge in [0, 0.05) is 24.3 Å². The molecular weight excluding hydrogens is 240 g/mol. The summed E-state index contributed by atoms with van der Waals surface area (Å²) in [6.45, 7) is 4.25. The first-order valence-electron chi connectivity index (χ1n) is 6.20. The second-order valence-electron chi connectivity index (χ2n) is 4.57. The minimum absolute atomic E-state index is 0.103. The van der Waals surface area contributed by atoms with E-state index in [-0.39, 0.29) is 11.9 Å². The van der Waals surface area contributed by atoms with E-state index in [2.05, 4.69) is 11.4 Å². The van der Waals surface area contributed by atoms with Crippen LogP contribution >= 0.6 is 0 Å². The van der Waals surface area contributed by atoms with Gasteiger partial charge in [-0.1, -0.05) is 6.07 Å². The molecule has 0 spiro atoms. The Bertz CT molecular complexity index is 493. The second kappa shape index (κ2) is 6.76. The summed E-state index contributed by atoms with van der Waals surface area (Å²) in [6.07, 6.45) is 0.408. The Morgan fingerprint density at radius 3 is 2.89 bits per heavy atom. The van der Waals surface area contributed by atoms with E-state index in [4.69, 9.17) is 11.0 Å². The predicted molar refractivity (Wildman–Crippen MR) is 76.5 cm³/mol. The molecule has 1 aromatic rings. The maximum absolute atomic E-state index is 12.1. The van der Waals surface area contributed by atoms with Gasteiger partial charge < -0.3 is 11.1 Å². The molecule has 0 aliphatic rings. The summed E-state index contributed by atoms with van der Waals surface area (Å²) in [5.74, 6) is -0.103. The van der Waals surface area contributed by atoms with Gasteiger partial charge in [0.1, 0.15) is 0 Å². The summed E-state index contributed by atoms with van der Waals surface area (Å²) in [4.78, 5) is 14.0. The van der Waals surface area contributed by atoms with Crippen LogP contribution in [0, 0.1) is 18.3 Å². The van der Waals surface area contributed by atoms with E-state index in [1.807, 2.05) is 37.9 Å². The molecule has 1 amide bonds. The van der Waals surface area contributed by atoms with Gasteiger partial charge in [-0.15, -0.1) is 0 Å². The number of nitriles is 1. The average molecular weight is 260 g/mol.